The van der Waals surface area contributed by atoms with Gasteiger partial charge in [0.05, 0.1) is 19.9 Å². The largest absolute Gasteiger partial charge is 0.493 e. The van der Waals surface area contributed by atoms with Gasteiger partial charge >= 0.3 is 5.97 Å². The molecule has 0 aliphatic rings. The third kappa shape index (κ3) is 7.34. The molecule has 0 fully saturated rings. The molecule has 0 bridgehead atoms. The second-order valence-corrected chi connectivity index (χ2v) is 9.26. The predicted molar refractivity (Wildman–Crippen MR) is 136 cm³/mol. The Balaban J connectivity index is 1.61. The lowest BCUT2D eigenvalue weighted by Gasteiger charge is -2.19. The smallest absolute Gasteiger partial charge is 0.311 e. The van der Waals surface area contributed by atoms with E-state index in [-0.39, 0.29) is 35.7 Å². The van der Waals surface area contributed by atoms with Crippen LogP contribution in [0.5, 0.6) is 11.5 Å². The van der Waals surface area contributed by atoms with Gasteiger partial charge in [-0.2, -0.15) is 5.26 Å². The van der Waals surface area contributed by atoms with Crippen molar-refractivity contribution in [3.63, 3.8) is 0 Å². The number of carbonyl (C=O) groups is 2. The Bertz CT molecular complexity index is 1260. The maximum Gasteiger partial charge on any atom is 0.311 e. The minimum Gasteiger partial charge on any atom is -0.493 e. The van der Waals surface area contributed by atoms with E-state index in [9.17, 15) is 14.9 Å². The summed E-state index contributed by atoms with van der Waals surface area (Å²) in [6.07, 6.45) is 3.72. The molecule has 186 valence electrons. The zero-order valence-electron chi connectivity index (χ0n) is 21.0. The van der Waals surface area contributed by atoms with E-state index in [2.05, 4.69) is 38.2 Å². The number of hydrogen-bond acceptors (Lipinski definition) is 6. The van der Waals surface area contributed by atoms with Crippen LogP contribution in [0, 0.1) is 11.3 Å². The average Bonchev–Trinajstić information content (AvgIpc) is 3.39. The van der Waals surface area contributed by atoms with Gasteiger partial charge in [-0.05, 0) is 58.9 Å². The van der Waals surface area contributed by atoms with E-state index >= 15 is 0 Å². The van der Waals surface area contributed by atoms with E-state index in [0.717, 1.165) is 5.56 Å². The number of rotatable bonds is 9. The lowest BCUT2D eigenvalue weighted by molar-refractivity contribution is -0.134. The molecule has 0 unspecified atom stereocenters. The van der Waals surface area contributed by atoms with Crippen molar-refractivity contribution in [2.24, 2.45) is 0 Å². The number of nitriles is 1. The quantitative estimate of drug-likeness (QED) is 0.189. The van der Waals surface area contributed by atoms with Gasteiger partial charge in [-0.3, -0.25) is 9.59 Å². The number of ether oxygens (including phenoxy) is 2. The number of hydrogen-bond donors (Lipinski definition) is 1. The van der Waals surface area contributed by atoms with Gasteiger partial charge in [-0.1, -0.05) is 51.1 Å². The van der Waals surface area contributed by atoms with Crippen LogP contribution < -0.4 is 14.8 Å². The molecule has 1 amide bonds. The van der Waals surface area contributed by atoms with E-state index < -0.39 is 5.91 Å². The first kappa shape index (κ1) is 26.3. The van der Waals surface area contributed by atoms with E-state index in [1.54, 1.807) is 30.3 Å². The highest BCUT2D eigenvalue weighted by atomic mass is 16.6. The second-order valence-electron chi connectivity index (χ2n) is 9.26. The highest BCUT2D eigenvalue weighted by Gasteiger charge is 2.15. The number of furan rings is 1. The molecule has 1 N–H and O–H groups in total. The summed E-state index contributed by atoms with van der Waals surface area (Å²) in [6.45, 7) is 6.65. The molecule has 0 aliphatic carbocycles. The van der Waals surface area contributed by atoms with Crippen LogP contribution >= 0.6 is 0 Å². The molecule has 3 aromatic rings. The summed E-state index contributed by atoms with van der Waals surface area (Å²) in [5.41, 5.74) is 2.85. The van der Waals surface area contributed by atoms with Crippen LogP contribution in [0.3, 0.4) is 0 Å². The van der Waals surface area contributed by atoms with Crippen LogP contribution in [0.15, 0.2) is 70.9 Å². The Kier molecular flexibility index (Phi) is 8.69. The topological polar surface area (TPSA) is 102 Å². The summed E-state index contributed by atoms with van der Waals surface area (Å²) in [5, 5.41) is 12.1. The van der Waals surface area contributed by atoms with E-state index in [0.29, 0.717) is 23.5 Å². The monoisotopic (exact) mass is 486 g/mol. The second kappa shape index (κ2) is 11.9. The molecule has 2 aromatic carbocycles. The first-order valence-corrected chi connectivity index (χ1v) is 11.6. The standard InChI is InChI=1S/C29H30N2O5/c1-29(2,3)23-11-7-20(8-12-23)10-14-27(32)36-25-13-9-21(17-26(25)34-4)16-22(18-30)28(33)31-19-24-6-5-15-35-24/h5-9,11-13,15-17H,10,14,19H2,1-4H3,(H,31,33)/b22-16+. The summed E-state index contributed by atoms with van der Waals surface area (Å²) in [6, 6.07) is 18.4. The molecule has 1 aromatic heterocycles. The molecule has 7 nitrogen and oxygen atoms in total. The zero-order valence-corrected chi connectivity index (χ0v) is 21.0. The van der Waals surface area contributed by atoms with Gasteiger partial charge in [-0.25, -0.2) is 0 Å². The molecule has 0 saturated carbocycles. The van der Waals surface area contributed by atoms with E-state index in [1.165, 1.54) is 25.0 Å². The van der Waals surface area contributed by atoms with Gasteiger partial charge in [0, 0.05) is 6.42 Å². The molecule has 0 aliphatic heterocycles. The lowest BCUT2D eigenvalue weighted by atomic mass is 9.86. The molecule has 0 spiro atoms. The number of aryl methyl sites for hydroxylation is 1. The normalized spacial score (nSPS) is 11.5. The Labute approximate surface area is 211 Å². The summed E-state index contributed by atoms with van der Waals surface area (Å²) in [5.74, 6) is 0.254. The number of carbonyl (C=O) groups excluding carboxylic acids is 2. The Morgan fingerprint density at radius 2 is 1.83 bits per heavy atom. The van der Waals surface area contributed by atoms with Crippen molar-refractivity contribution >= 4 is 18.0 Å². The van der Waals surface area contributed by atoms with Crippen LogP contribution in [-0.2, 0) is 28.0 Å². The molecule has 36 heavy (non-hydrogen) atoms. The summed E-state index contributed by atoms with van der Waals surface area (Å²) >= 11 is 0. The number of nitrogens with one attached hydrogen (secondary N) is 1. The van der Waals surface area contributed by atoms with Crippen molar-refractivity contribution in [2.45, 2.75) is 45.6 Å². The van der Waals surface area contributed by atoms with Crippen molar-refractivity contribution in [2.75, 3.05) is 7.11 Å². The Hall–Kier alpha value is -4.31. The minimum atomic E-state index is -0.529. The zero-order chi connectivity index (χ0) is 26.1. The van der Waals surface area contributed by atoms with Crippen LogP contribution in [0.4, 0.5) is 0 Å². The van der Waals surface area contributed by atoms with E-state index in [1.807, 2.05) is 18.2 Å². The molecular weight excluding hydrogens is 456 g/mol. The van der Waals surface area contributed by atoms with Crippen molar-refractivity contribution in [1.82, 2.24) is 5.32 Å². The van der Waals surface area contributed by atoms with Crippen molar-refractivity contribution in [1.29, 1.82) is 5.26 Å². The first-order chi connectivity index (χ1) is 17.2. The lowest BCUT2D eigenvalue weighted by Crippen LogP contribution is -2.23. The molecular formula is C29H30N2O5. The molecule has 0 saturated heterocycles. The third-order valence-electron chi connectivity index (χ3n) is 5.53. The fraction of sp³-hybridized carbons (Fsp3) is 0.276. The molecule has 1 heterocycles. The van der Waals surface area contributed by atoms with Crippen LogP contribution in [0.1, 0.15) is 49.6 Å². The number of nitrogens with zero attached hydrogens (tertiary/aromatic N) is 1. The van der Waals surface area contributed by atoms with Crippen molar-refractivity contribution in [3.8, 4) is 17.6 Å². The van der Waals surface area contributed by atoms with Gasteiger partial charge in [0.25, 0.3) is 5.91 Å². The Morgan fingerprint density at radius 1 is 1.08 bits per heavy atom. The maximum atomic E-state index is 12.5. The van der Waals surface area contributed by atoms with Crippen LogP contribution in [0.2, 0.25) is 0 Å². The molecule has 0 radical (unpaired) electrons. The van der Waals surface area contributed by atoms with Gasteiger partial charge in [0.15, 0.2) is 11.5 Å². The average molecular weight is 487 g/mol. The van der Waals surface area contributed by atoms with Gasteiger partial charge < -0.3 is 19.2 Å². The van der Waals surface area contributed by atoms with Gasteiger partial charge in [0.2, 0.25) is 0 Å². The van der Waals surface area contributed by atoms with Crippen LogP contribution in [0.25, 0.3) is 6.08 Å². The summed E-state index contributed by atoms with van der Waals surface area (Å²) in [7, 11) is 1.46. The van der Waals surface area contributed by atoms with Crippen LogP contribution in [-0.4, -0.2) is 19.0 Å². The minimum absolute atomic E-state index is 0.0765. The summed E-state index contributed by atoms with van der Waals surface area (Å²) in [4.78, 5) is 24.8. The predicted octanol–water partition coefficient (Wildman–Crippen LogP) is 5.35. The number of methoxy groups -OCH3 is 1. The highest BCUT2D eigenvalue weighted by Crippen LogP contribution is 2.29. The third-order valence-corrected chi connectivity index (χ3v) is 5.53. The Morgan fingerprint density at radius 3 is 2.44 bits per heavy atom. The molecule has 0 atom stereocenters. The summed E-state index contributed by atoms with van der Waals surface area (Å²) < 4.78 is 16.0. The molecule has 3 rings (SSSR count). The number of benzene rings is 2. The fourth-order valence-corrected chi connectivity index (χ4v) is 3.44. The van der Waals surface area contributed by atoms with Crippen molar-refractivity contribution in [3.05, 3.63) is 88.9 Å². The van der Waals surface area contributed by atoms with E-state index in [4.69, 9.17) is 13.9 Å². The van der Waals surface area contributed by atoms with Gasteiger partial charge in [0.1, 0.15) is 17.4 Å². The van der Waals surface area contributed by atoms with Crippen molar-refractivity contribution < 1.29 is 23.5 Å². The number of amides is 1. The molecule has 7 heteroatoms. The van der Waals surface area contributed by atoms with Gasteiger partial charge in [-0.15, -0.1) is 0 Å². The number of esters is 1. The first-order valence-electron chi connectivity index (χ1n) is 11.6. The fourth-order valence-electron chi connectivity index (χ4n) is 3.44. The SMILES string of the molecule is COc1cc(/C=C(\C#N)C(=O)NCc2ccco2)ccc1OC(=O)CCc1ccc(C(C)(C)C)cc1. The highest BCUT2D eigenvalue weighted by molar-refractivity contribution is 6.01. The maximum absolute atomic E-state index is 12.5.